The number of hydrogen-bond donors (Lipinski definition) is 1. The normalized spacial score (nSPS) is 13.7. The molecule has 110 valence electrons. The van der Waals surface area contributed by atoms with Crippen LogP contribution in [0.1, 0.15) is 46.1 Å². The van der Waals surface area contributed by atoms with E-state index in [4.69, 9.17) is 4.74 Å². The van der Waals surface area contributed by atoms with E-state index in [0.29, 0.717) is 6.04 Å². The molecule has 0 aliphatic rings. The fourth-order valence-electron chi connectivity index (χ4n) is 2.84. The van der Waals surface area contributed by atoms with Crippen LogP contribution in [0.25, 0.3) is 0 Å². The molecule has 1 N–H and O–H groups in total. The van der Waals surface area contributed by atoms with E-state index in [-0.39, 0.29) is 5.60 Å². The molecule has 0 radical (unpaired) electrons. The van der Waals surface area contributed by atoms with E-state index in [1.807, 2.05) is 17.9 Å². The first-order chi connectivity index (χ1) is 9.11. The van der Waals surface area contributed by atoms with Gasteiger partial charge >= 0.3 is 0 Å². The smallest absolute Gasteiger partial charge is 0.0832 e. The van der Waals surface area contributed by atoms with Crippen LogP contribution in [-0.2, 0) is 18.2 Å². The maximum absolute atomic E-state index is 6.13. The predicted molar refractivity (Wildman–Crippen MR) is 79.3 cm³/mol. The molecule has 1 heterocycles. The molecular weight excluding hydrogens is 238 g/mol. The van der Waals surface area contributed by atoms with Crippen LogP contribution >= 0.6 is 0 Å². The Balaban J connectivity index is 2.89. The number of hydrogen-bond acceptors (Lipinski definition) is 3. The van der Waals surface area contributed by atoms with E-state index in [1.165, 1.54) is 5.56 Å². The Kier molecular flexibility index (Phi) is 6.52. The number of aromatic nitrogens is 2. The molecule has 0 bridgehead atoms. The highest BCUT2D eigenvalue weighted by atomic mass is 16.5. The van der Waals surface area contributed by atoms with Crippen molar-refractivity contribution in [3.63, 3.8) is 0 Å². The standard InChI is InChI=1S/C15H29N3O/c1-6-15(7-2,19-9-4)14(16-8-3)10-13-11-17-18(5)12-13/h11-12,14,16H,6-10H2,1-5H3. The summed E-state index contributed by atoms with van der Waals surface area (Å²) in [7, 11) is 1.96. The molecule has 0 amide bonds. The van der Waals surface area contributed by atoms with Gasteiger partial charge in [-0.05, 0) is 38.3 Å². The summed E-state index contributed by atoms with van der Waals surface area (Å²) >= 11 is 0. The van der Waals surface area contributed by atoms with Gasteiger partial charge in [0.25, 0.3) is 0 Å². The zero-order chi connectivity index (χ0) is 14.3. The van der Waals surface area contributed by atoms with Gasteiger partial charge in [0.1, 0.15) is 0 Å². The van der Waals surface area contributed by atoms with Crippen LogP contribution in [0.4, 0.5) is 0 Å². The van der Waals surface area contributed by atoms with E-state index in [9.17, 15) is 0 Å². The van der Waals surface area contributed by atoms with E-state index < -0.39 is 0 Å². The molecule has 1 aromatic rings. The molecule has 0 aliphatic carbocycles. The zero-order valence-electron chi connectivity index (χ0n) is 13.1. The summed E-state index contributed by atoms with van der Waals surface area (Å²) in [6, 6.07) is 0.330. The zero-order valence-corrected chi connectivity index (χ0v) is 13.1. The average molecular weight is 267 g/mol. The van der Waals surface area contributed by atoms with Crippen LogP contribution in [0.15, 0.2) is 12.4 Å². The molecule has 4 nitrogen and oxygen atoms in total. The minimum absolute atomic E-state index is 0.0827. The van der Waals surface area contributed by atoms with Crippen molar-refractivity contribution < 1.29 is 4.74 Å². The van der Waals surface area contributed by atoms with Crippen molar-refractivity contribution in [3.8, 4) is 0 Å². The van der Waals surface area contributed by atoms with Gasteiger partial charge in [0.15, 0.2) is 0 Å². The first-order valence-electron chi connectivity index (χ1n) is 7.46. The molecule has 0 saturated heterocycles. The second-order valence-electron chi connectivity index (χ2n) is 5.04. The third kappa shape index (κ3) is 4.05. The Morgan fingerprint density at radius 1 is 1.32 bits per heavy atom. The van der Waals surface area contributed by atoms with Crippen LogP contribution < -0.4 is 5.32 Å². The molecule has 1 rings (SSSR count). The second-order valence-corrected chi connectivity index (χ2v) is 5.04. The van der Waals surface area contributed by atoms with Gasteiger partial charge in [-0.3, -0.25) is 4.68 Å². The Bertz CT molecular complexity index is 358. The Morgan fingerprint density at radius 3 is 2.42 bits per heavy atom. The molecule has 1 atom stereocenters. The lowest BCUT2D eigenvalue weighted by molar-refractivity contribution is -0.0715. The van der Waals surface area contributed by atoms with Crippen molar-refractivity contribution in [1.82, 2.24) is 15.1 Å². The first-order valence-corrected chi connectivity index (χ1v) is 7.46. The number of nitrogens with one attached hydrogen (secondary N) is 1. The maximum Gasteiger partial charge on any atom is 0.0832 e. The number of aryl methyl sites for hydroxylation is 1. The van der Waals surface area contributed by atoms with Crippen molar-refractivity contribution >= 4 is 0 Å². The molecular formula is C15H29N3O. The van der Waals surface area contributed by atoms with Crippen LogP contribution in [0, 0.1) is 0 Å². The SMILES string of the molecule is CCNC(Cc1cnn(C)c1)C(CC)(CC)OCC. The number of likely N-dealkylation sites (N-methyl/N-ethyl adjacent to an activating group) is 1. The molecule has 0 spiro atoms. The molecule has 19 heavy (non-hydrogen) atoms. The Labute approximate surface area is 117 Å². The van der Waals surface area contributed by atoms with Gasteiger partial charge in [-0.15, -0.1) is 0 Å². The monoisotopic (exact) mass is 267 g/mol. The molecule has 1 aromatic heterocycles. The highest BCUT2D eigenvalue weighted by Crippen LogP contribution is 2.27. The minimum atomic E-state index is -0.0827. The van der Waals surface area contributed by atoms with Gasteiger partial charge in [0, 0.05) is 25.9 Å². The quantitative estimate of drug-likeness (QED) is 0.747. The number of ether oxygens (including phenoxy) is 1. The minimum Gasteiger partial charge on any atom is -0.374 e. The molecule has 0 aliphatic heterocycles. The summed E-state index contributed by atoms with van der Waals surface area (Å²) in [6.07, 6.45) is 7.05. The summed E-state index contributed by atoms with van der Waals surface area (Å²) < 4.78 is 7.99. The van der Waals surface area contributed by atoms with Gasteiger partial charge in [0.05, 0.1) is 11.8 Å². The third-order valence-corrected chi connectivity index (χ3v) is 3.91. The van der Waals surface area contributed by atoms with Crippen molar-refractivity contribution in [2.45, 2.75) is 58.6 Å². The molecule has 0 fully saturated rings. The topological polar surface area (TPSA) is 39.1 Å². The third-order valence-electron chi connectivity index (χ3n) is 3.91. The summed E-state index contributed by atoms with van der Waals surface area (Å²) in [4.78, 5) is 0. The van der Waals surface area contributed by atoms with Crippen LogP contribution in [0.3, 0.4) is 0 Å². The number of rotatable bonds is 9. The van der Waals surface area contributed by atoms with E-state index >= 15 is 0 Å². The number of nitrogens with zero attached hydrogens (tertiary/aromatic N) is 2. The highest BCUT2D eigenvalue weighted by Gasteiger charge is 2.36. The van der Waals surface area contributed by atoms with Crippen LogP contribution in [0.2, 0.25) is 0 Å². The summed E-state index contributed by atoms with van der Waals surface area (Å²) in [6.45, 7) is 10.4. The lowest BCUT2D eigenvalue weighted by Gasteiger charge is -2.40. The molecule has 4 heteroatoms. The summed E-state index contributed by atoms with van der Waals surface area (Å²) in [5.41, 5.74) is 1.18. The highest BCUT2D eigenvalue weighted by molar-refractivity contribution is 5.09. The first kappa shape index (κ1) is 16.2. The molecule has 0 aromatic carbocycles. The Hall–Kier alpha value is -0.870. The van der Waals surface area contributed by atoms with Crippen molar-refractivity contribution in [2.24, 2.45) is 7.05 Å². The van der Waals surface area contributed by atoms with Crippen molar-refractivity contribution in [2.75, 3.05) is 13.2 Å². The lowest BCUT2D eigenvalue weighted by Crippen LogP contribution is -2.53. The average Bonchev–Trinajstić information content (AvgIpc) is 2.81. The molecule has 1 unspecified atom stereocenters. The van der Waals surface area contributed by atoms with Gasteiger partial charge in [-0.25, -0.2) is 0 Å². The molecule has 0 saturated carbocycles. The van der Waals surface area contributed by atoms with E-state index in [2.05, 4.69) is 44.3 Å². The van der Waals surface area contributed by atoms with Crippen molar-refractivity contribution in [3.05, 3.63) is 18.0 Å². The van der Waals surface area contributed by atoms with E-state index in [1.54, 1.807) is 0 Å². The van der Waals surface area contributed by atoms with Gasteiger partial charge in [-0.2, -0.15) is 5.10 Å². The maximum atomic E-state index is 6.13. The van der Waals surface area contributed by atoms with Crippen molar-refractivity contribution in [1.29, 1.82) is 0 Å². The van der Waals surface area contributed by atoms with Gasteiger partial charge in [-0.1, -0.05) is 20.8 Å². The Morgan fingerprint density at radius 2 is 2.00 bits per heavy atom. The van der Waals surface area contributed by atoms with Gasteiger partial charge < -0.3 is 10.1 Å². The van der Waals surface area contributed by atoms with Crippen LogP contribution in [-0.4, -0.2) is 34.6 Å². The second kappa shape index (κ2) is 7.65. The fourth-order valence-corrected chi connectivity index (χ4v) is 2.84. The lowest BCUT2D eigenvalue weighted by atomic mass is 9.84. The van der Waals surface area contributed by atoms with Crippen LogP contribution in [0.5, 0.6) is 0 Å². The van der Waals surface area contributed by atoms with E-state index in [0.717, 1.165) is 32.4 Å². The van der Waals surface area contributed by atoms with Gasteiger partial charge in [0.2, 0.25) is 0 Å². The summed E-state index contributed by atoms with van der Waals surface area (Å²) in [5, 5.41) is 7.86. The predicted octanol–water partition coefficient (Wildman–Crippen LogP) is 2.54. The largest absolute Gasteiger partial charge is 0.374 e. The fraction of sp³-hybridized carbons (Fsp3) is 0.800. The summed E-state index contributed by atoms with van der Waals surface area (Å²) in [5.74, 6) is 0.